The maximum atomic E-state index is 9.84. The largest absolute Gasteiger partial charge is 0.393 e. The highest BCUT2D eigenvalue weighted by molar-refractivity contribution is 9.10. The van der Waals surface area contributed by atoms with Gasteiger partial charge in [0, 0.05) is 10.7 Å². The quantitative estimate of drug-likeness (QED) is 0.915. The van der Waals surface area contributed by atoms with Crippen molar-refractivity contribution >= 4 is 15.9 Å². The Labute approximate surface area is 120 Å². The maximum absolute atomic E-state index is 9.84. The highest BCUT2D eigenvalue weighted by Crippen LogP contribution is 2.17. The van der Waals surface area contributed by atoms with Gasteiger partial charge in [-0.1, -0.05) is 19.0 Å². The zero-order valence-electron chi connectivity index (χ0n) is 10.9. The molecule has 6 heteroatoms. The fourth-order valence-electron chi connectivity index (χ4n) is 1.78. The average Bonchev–Trinajstić information content (AvgIpc) is 2.77. The summed E-state index contributed by atoms with van der Waals surface area (Å²) in [5.41, 5.74) is 0.650. The molecule has 1 atom stereocenters. The zero-order chi connectivity index (χ0) is 13.8. The first-order valence-corrected chi connectivity index (χ1v) is 6.96. The summed E-state index contributed by atoms with van der Waals surface area (Å²) in [4.78, 5) is 8.44. The normalized spacial score (nSPS) is 12.9. The van der Waals surface area contributed by atoms with Gasteiger partial charge < -0.3 is 9.63 Å². The molecule has 0 aromatic carbocycles. The van der Waals surface area contributed by atoms with E-state index in [0.717, 1.165) is 4.47 Å². The summed E-state index contributed by atoms with van der Waals surface area (Å²) < 4.78 is 6.02. The third-order valence-electron chi connectivity index (χ3n) is 2.58. The predicted octanol–water partition coefficient (Wildman–Crippen LogP) is 2.84. The van der Waals surface area contributed by atoms with Crippen LogP contribution in [0.15, 0.2) is 27.3 Å². The Balaban J connectivity index is 2.04. The van der Waals surface area contributed by atoms with Crippen molar-refractivity contribution in [3.8, 4) is 11.5 Å². The third-order valence-corrected chi connectivity index (χ3v) is 3.05. The van der Waals surface area contributed by atoms with E-state index in [9.17, 15) is 5.11 Å². The fraction of sp³-hybridized carbons (Fsp3) is 0.462. The molecule has 1 N–H and O–H groups in total. The smallest absolute Gasteiger partial charge is 0.229 e. The summed E-state index contributed by atoms with van der Waals surface area (Å²) in [6, 6.07) is 3.68. The van der Waals surface area contributed by atoms with E-state index in [1.807, 2.05) is 12.1 Å². The van der Waals surface area contributed by atoms with Crippen molar-refractivity contribution in [2.45, 2.75) is 32.8 Å². The van der Waals surface area contributed by atoms with Crippen LogP contribution in [-0.2, 0) is 6.42 Å². The molecule has 0 aliphatic rings. The number of aromatic nitrogens is 3. The molecule has 0 saturated heterocycles. The SMILES string of the molecule is CC(C)CC(O)Cc1nc(-c2ccc(Br)cn2)no1. The summed E-state index contributed by atoms with van der Waals surface area (Å²) in [6.07, 6.45) is 2.32. The molecule has 2 aromatic rings. The number of hydrogen-bond donors (Lipinski definition) is 1. The molecule has 102 valence electrons. The number of aliphatic hydroxyl groups is 1. The molecular formula is C13H16BrN3O2. The first kappa shape index (κ1) is 14.1. The van der Waals surface area contributed by atoms with E-state index in [-0.39, 0.29) is 0 Å². The van der Waals surface area contributed by atoms with Crippen LogP contribution in [0.3, 0.4) is 0 Å². The van der Waals surface area contributed by atoms with E-state index in [0.29, 0.717) is 36.2 Å². The number of rotatable bonds is 5. The number of pyridine rings is 1. The fourth-order valence-corrected chi connectivity index (χ4v) is 2.01. The van der Waals surface area contributed by atoms with Crippen LogP contribution in [0.4, 0.5) is 0 Å². The lowest BCUT2D eigenvalue weighted by molar-refractivity contribution is 0.138. The molecule has 0 saturated carbocycles. The van der Waals surface area contributed by atoms with Crippen molar-refractivity contribution in [3.05, 3.63) is 28.7 Å². The van der Waals surface area contributed by atoms with E-state index in [1.165, 1.54) is 0 Å². The second-order valence-electron chi connectivity index (χ2n) is 4.86. The van der Waals surface area contributed by atoms with E-state index in [1.54, 1.807) is 6.20 Å². The lowest BCUT2D eigenvalue weighted by Crippen LogP contribution is -2.13. The molecule has 0 bridgehead atoms. The lowest BCUT2D eigenvalue weighted by Gasteiger charge is -2.09. The van der Waals surface area contributed by atoms with Crippen LogP contribution in [0.25, 0.3) is 11.5 Å². The standard InChI is InChI=1S/C13H16BrN3O2/c1-8(2)5-10(18)6-12-16-13(17-19-12)11-4-3-9(14)7-15-11/h3-4,7-8,10,18H,5-6H2,1-2H3. The van der Waals surface area contributed by atoms with Gasteiger partial charge >= 0.3 is 0 Å². The average molecular weight is 326 g/mol. The molecule has 2 rings (SSSR count). The molecule has 0 amide bonds. The first-order chi connectivity index (χ1) is 9.04. The molecule has 2 aromatic heterocycles. The second kappa shape index (κ2) is 6.25. The van der Waals surface area contributed by atoms with Gasteiger partial charge in [0.2, 0.25) is 11.7 Å². The van der Waals surface area contributed by atoms with Gasteiger partial charge in [0.1, 0.15) is 5.69 Å². The molecule has 1 unspecified atom stereocenters. The van der Waals surface area contributed by atoms with Crippen molar-refractivity contribution < 1.29 is 9.63 Å². The Morgan fingerprint density at radius 3 is 2.79 bits per heavy atom. The van der Waals surface area contributed by atoms with Gasteiger partial charge in [0.25, 0.3) is 0 Å². The molecule has 0 fully saturated rings. The molecule has 0 aliphatic heterocycles. The van der Waals surface area contributed by atoms with Crippen molar-refractivity contribution in [3.63, 3.8) is 0 Å². The Hall–Kier alpha value is -1.27. The van der Waals surface area contributed by atoms with Crippen LogP contribution >= 0.6 is 15.9 Å². The summed E-state index contributed by atoms with van der Waals surface area (Å²) in [5, 5.41) is 13.7. The second-order valence-corrected chi connectivity index (χ2v) is 5.78. The Morgan fingerprint density at radius 2 is 2.16 bits per heavy atom. The molecule has 0 radical (unpaired) electrons. The zero-order valence-corrected chi connectivity index (χ0v) is 12.5. The molecule has 19 heavy (non-hydrogen) atoms. The molecule has 2 heterocycles. The van der Waals surface area contributed by atoms with E-state index >= 15 is 0 Å². The van der Waals surface area contributed by atoms with Crippen LogP contribution in [0, 0.1) is 5.92 Å². The minimum atomic E-state index is -0.453. The minimum Gasteiger partial charge on any atom is -0.393 e. The molecule has 0 spiro atoms. The van der Waals surface area contributed by atoms with Gasteiger partial charge in [-0.15, -0.1) is 0 Å². The highest BCUT2D eigenvalue weighted by Gasteiger charge is 2.14. The van der Waals surface area contributed by atoms with Gasteiger partial charge in [-0.25, -0.2) is 0 Å². The van der Waals surface area contributed by atoms with Gasteiger partial charge in [-0.3, -0.25) is 4.98 Å². The van der Waals surface area contributed by atoms with Crippen molar-refractivity contribution in [1.82, 2.24) is 15.1 Å². The molecular weight excluding hydrogens is 310 g/mol. The van der Waals surface area contributed by atoms with Gasteiger partial charge in [0.05, 0.1) is 12.5 Å². The Kier molecular flexibility index (Phi) is 4.66. The number of hydrogen-bond acceptors (Lipinski definition) is 5. The van der Waals surface area contributed by atoms with Gasteiger partial charge in [-0.05, 0) is 40.4 Å². The number of aliphatic hydroxyl groups excluding tert-OH is 1. The molecule has 5 nitrogen and oxygen atoms in total. The van der Waals surface area contributed by atoms with Gasteiger partial charge in [-0.2, -0.15) is 4.98 Å². The summed E-state index contributed by atoms with van der Waals surface area (Å²) in [7, 11) is 0. The summed E-state index contributed by atoms with van der Waals surface area (Å²) >= 11 is 3.32. The van der Waals surface area contributed by atoms with Crippen molar-refractivity contribution in [2.75, 3.05) is 0 Å². The topological polar surface area (TPSA) is 72.0 Å². The van der Waals surface area contributed by atoms with Crippen LogP contribution in [0.1, 0.15) is 26.2 Å². The van der Waals surface area contributed by atoms with Crippen molar-refractivity contribution in [2.24, 2.45) is 5.92 Å². The van der Waals surface area contributed by atoms with E-state index in [2.05, 4.69) is 44.9 Å². The van der Waals surface area contributed by atoms with Gasteiger partial charge in [0.15, 0.2) is 0 Å². The van der Waals surface area contributed by atoms with Crippen LogP contribution in [-0.4, -0.2) is 26.3 Å². The van der Waals surface area contributed by atoms with Crippen LogP contribution in [0.2, 0.25) is 0 Å². The minimum absolute atomic E-state index is 0.377. The van der Waals surface area contributed by atoms with E-state index < -0.39 is 6.10 Å². The van der Waals surface area contributed by atoms with E-state index in [4.69, 9.17) is 4.52 Å². The number of nitrogens with zero attached hydrogens (tertiary/aromatic N) is 3. The number of halogens is 1. The first-order valence-electron chi connectivity index (χ1n) is 6.17. The Bertz CT molecular complexity index is 525. The molecule has 0 aliphatic carbocycles. The third kappa shape index (κ3) is 4.11. The summed E-state index contributed by atoms with van der Waals surface area (Å²) in [6.45, 7) is 4.13. The van der Waals surface area contributed by atoms with Crippen LogP contribution < -0.4 is 0 Å². The van der Waals surface area contributed by atoms with Crippen LogP contribution in [0.5, 0.6) is 0 Å². The maximum Gasteiger partial charge on any atom is 0.229 e. The Morgan fingerprint density at radius 1 is 1.37 bits per heavy atom. The predicted molar refractivity (Wildman–Crippen MR) is 74.4 cm³/mol. The van der Waals surface area contributed by atoms with Crippen molar-refractivity contribution in [1.29, 1.82) is 0 Å². The lowest BCUT2D eigenvalue weighted by atomic mass is 10.0. The highest BCUT2D eigenvalue weighted by atomic mass is 79.9. The summed E-state index contributed by atoms with van der Waals surface area (Å²) in [5.74, 6) is 1.32. The monoisotopic (exact) mass is 325 g/mol.